The topological polar surface area (TPSA) is 63.5 Å². The van der Waals surface area contributed by atoms with Crippen molar-refractivity contribution in [2.45, 2.75) is 19.5 Å². The van der Waals surface area contributed by atoms with Gasteiger partial charge < -0.3 is 4.42 Å². The molecule has 1 aromatic rings. The van der Waals surface area contributed by atoms with Gasteiger partial charge in [0.1, 0.15) is 11.8 Å². The summed E-state index contributed by atoms with van der Waals surface area (Å²) < 4.78 is 5.22. The van der Waals surface area contributed by atoms with E-state index in [0.717, 1.165) is 11.3 Å². The van der Waals surface area contributed by atoms with E-state index in [2.05, 4.69) is 10.8 Å². The SMILES string of the molecule is Cc1ccoc1CNC1CONC1=O. The molecule has 2 heterocycles. The molecule has 1 aromatic heterocycles. The second kappa shape index (κ2) is 3.81. The van der Waals surface area contributed by atoms with Crippen molar-refractivity contribution in [3.63, 3.8) is 0 Å². The molecule has 0 aromatic carbocycles. The third-order valence-electron chi connectivity index (χ3n) is 2.22. The fourth-order valence-corrected chi connectivity index (χ4v) is 1.30. The maximum Gasteiger partial charge on any atom is 0.263 e. The van der Waals surface area contributed by atoms with Crippen LogP contribution in [0.15, 0.2) is 16.7 Å². The summed E-state index contributed by atoms with van der Waals surface area (Å²) in [7, 11) is 0. The van der Waals surface area contributed by atoms with E-state index in [4.69, 9.17) is 9.25 Å². The van der Waals surface area contributed by atoms with Gasteiger partial charge in [-0.3, -0.25) is 14.9 Å². The first-order chi connectivity index (χ1) is 6.77. The molecule has 1 saturated heterocycles. The Morgan fingerprint density at radius 3 is 3.14 bits per heavy atom. The van der Waals surface area contributed by atoms with Crippen LogP contribution in [0.2, 0.25) is 0 Å². The Morgan fingerprint density at radius 2 is 2.57 bits per heavy atom. The van der Waals surface area contributed by atoms with Crippen LogP contribution in [0.25, 0.3) is 0 Å². The van der Waals surface area contributed by atoms with Crippen LogP contribution in [0.3, 0.4) is 0 Å². The van der Waals surface area contributed by atoms with Crippen LogP contribution in [0.4, 0.5) is 0 Å². The smallest absolute Gasteiger partial charge is 0.263 e. The Labute approximate surface area is 81.4 Å². The Bertz CT molecular complexity index is 335. The van der Waals surface area contributed by atoms with Crippen LogP contribution >= 0.6 is 0 Å². The molecular formula is C9H12N2O3. The molecule has 1 aliphatic heterocycles. The average molecular weight is 196 g/mol. The number of furan rings is 1. The number of nitrogens with one attached hydrogen (secondary N) is 2. The highest BCUT2D eigenvalue weighted by Gasteiger charge is 2.24. The first-order valence-corrected chi connectivity index (χ1v) is 4.45. The zero-order valence-corrected chi connectivity index (χ0v) is 7.87. The lowest BCUT2D eigenvalue weighted by atomic mass is 10.2. The molecule has 14 heavy (non-hydrogen) atoms. The Balaban J connectivity index is 1.88. The Hall–Kier alpha value is -1.33. The van der Waals surface area contributed by atoms with E-state index in [9.17, 15) is 4.79 Å². The van der Waals surface area contributed by atoms with Crippen molar-refractivity contribution in [3.05, 3.63) is 23.7 Å². The largest absolute Gasteiger partial charge is 0.468 e. The van der Waals surface area contributed by atoms with Crippen molar-refractivity contribution >= 4 is 5.91 Å². The van der Waals surface area contributed by atoms with Crippen molar-refractivity contribution in [1.82, 2.24) is 10.8 Å². The van der Waals surface area contributed by atoms with Crippen molar-refractivity contribution in [1.29, 1.82) is 0 Å². The van der Waals surface area contributed by atoms with E-state index in [1.165, 1.54) is 0 Å². The quantitative estimate of drug-likeness (QED) is 0.720. The van der Waals surface area contributed by atoms with Crippen molar-refractivity contribution in [2.24, 2.45) is 0 Å². The lowest BCUT2D eigenvalue weighted by Gasteiger charge is -2.06. The van der Waals surface area contributed by atoms with Crippen LogP contribution in [-0.2, 0) is 16.2 Å². The maximum absolute atomic E-state index is 11.1. The molecule has 0 saturated carbocycles. The van der Waals surface area contributed by atoms with E-state index >= 15 is 0 Å². The van der Waals surface area contributed by atoms with Crippen LogP contribution in [-0.4, -0.2) is 18.6 Å². The summed E-state index contributed by atoms with van der Waals surface area (Å²) in [4.78, 5) is 15.9. The highest BCUT2D eigenvalue weighted by atomic mass is 16.7. The molecule has 0 aliphatic carbocycles. The average Bonchev–Trinajstić information content (AvgIpc) is 2.72. The summed E-state index contributed by atoms with van der Waals surface area (Å²) in [5.74, 6) is 0.721. The molecular weight excluding hydrogens is 184 g/mol. The maximum atomic E-state index is 11.1. The monoisotopic (exact) mass is 196 g/mol. The minimum atomic E-state index is -0.278. The highest BCUT2D eigenvalue weighted by Crippen LogP contribution is 2.08. The first-order valence-electron chi connectivity index (χ1n) is 4.45. The van der Waals surface area contributed by atoms with Gasteiger partial charge in [0.15, 0.2) is 0 Å². The van der Waals surface area contributed by atoms with Crippen LogP contribution in [0.1, 0.15) is 11.3 Å². The zero-order chi connectivity index (χ0) is 9.97. The molecule has 5 heteroatoms. The number of aryl methyl sites for hydroxylation is 1. The summed E-state index contributed by atoms with van der Waals surface area (Å²) in [6.07, 6.45) is 1.64. The Kier molecular flexibility index (Phi) is 2.51. The van der Waals surface area contributed by atoms with Gasteiger partial charge in [-0.15, -0.1) is 0 Å². The van der Waals surface area contributed by atoms with E-state index in [-0.39, 0.29) is 11.9 Å². The summed E-state index contributed by atoms with van der Waals surface area (Å²) in [5, 5.41) is 3.04. The third kappa shape index (κ3) is 1.78. The summed E-state index contributed by atoms with van der Waals surface area (Å²) >= 11 is 0. The zero-order valence-electron chi connectivity index (χ0n) is 7.87. The molecule has 1 unspecified atom stereocenters. The number of hydrogen-bond donors (Lipinski definition) is 2. The molecule has 0 radical (unpaired) electrons. The normalized spacial score (nSPS) is 21.2. The van der Waals surface area contributed by atoms with E-state index in [1.807, 2.05) is 13.0 Å². The molecule has 0 spiro atoms. The number of hydroxylamine groups is 1. The van der Waals surface area contributed by atoms with Gasteiger partial charge in [0.05, 0.1) is 19.4 Å². The predicted octanol–water partition coefficient (Wildman–Crippen LogP) is 0.108. The highest BCUT2D eigenvalue weighted by molar-refractivity contribution is 5.82. The van der Waals surface area contributed by atoms with Gasteiger partial charge in [-0.25, -0.2) is 5.48 Å². The summed E-state index contributed by atoms with van der Waals surface area (Å²) in [6, 6.07) is 1.61. The number of rotatable bonds is 3. The van der Waals surface area contributed by atoms with Crippen molar-refractivity contribution < 1.29 is 14.0 Å². The van der Waals surface area contributed by atoms with Crippen molar-refractivity contribution in [2.75, 3.05) is 6.61 Å². The second-order valence-corrected chi connectivity index (χ2v) is 3.24. The number of carbonyl (C=O) groups excluding carboxylic acids is 1. The fourth-order valence-electron chi connectivity index (χ4n) is 1.30. The third-order valence-corrected chi connectivity index (χ3v) is 2.22. The number of hydrogen-bond acceptors (Lipinski definition) is 4. The minimum Gasteiger partial charge on any atom is -0.468 e. The Morgan fingerprint density at radius 1 is 1.71 bits per heavy atom. The molecule has 1 aliphatic rings. The lowest BCUT2D eigenvalue weighted by Crippen LogP contribution is -2.37. The molecule has 76 valence electrons. The van der Waals surface area contributed by atoms with Gasteiger partial charge in [0.2, 0.25) is 0 Å². The molecule has 2 N–H and O–H groups in total. The first kappa shape index (κ1) is 9.23. The molecule has 5 nitrogen and oxygen atoms in total. The van der Waals surface area contributed by atoms with Gasteiger partial charge >= 0.3 is 0 Å². The molecule has 1 atom stereocenters. The molecule has 1 amide bonds. The van der Waals surface area contributed by atoms with Gasteiger partial charge in [-0.1, -0.05) is 0 Å². The summed E-state index contributed by atoms with van der Waals surface area (Å²) in [6.45, 7) is 2.87. The second-order valence-electron chi connectivity index (χ2n) is 3.24. The van der Waals surface area contributed by atoms with Crippen LogP contribution < -0.4 is 10.8 Å². The predicted molar refractivity (Wildman–Crippen MR) is 48.2 cm³/mol. The van der Waals surface area contributed by atoms with Crippen molar-refractivity contribution in [3.8, 4) is 0 Å². The molecule has 0 bridgehead atoms. The molecule has 2 rings (SSSR count). The van der Waals surface area contributed by atoms with Gasteiger partial charge in [0.25, 0.3) is 5.91 Å². The van der Waals surface area contributed by atoms with E-state index in [0.29, 0.717) is 13.2 Å². The van der Waals surface area contributed by atoms with Crippen LogP contribution in [0, 0.1) is 6.92 Å². The van der Waals surface area contributed by atoms with Gasteiger partial charge in [-0.05, 0) is 18.6 Å². The summed E-state index contributed by atoms with van der Waals surface area (Å²) in [5.41, 5.74) is 3.36. The lowest BCUT2D eigenvalue weighted by molar-refractivity contribution is -0.125. The van der Waals surface area contributed by atoms with Gasteiger partial charge in [-0.2, -0.15) is 0 Å². The molecule has 1 fully saturated rings. The van der Waals surface area contributed by atoms with E-state index < -0.39 is 0 Å². The number of carbonyl (C=O) groups is 1. The van der Waals surface area contributed by atoms with E-state index in [1.54, 1.807) is 6.26 Å². The number of amides is 1. The van der Waals surface area contributed by atoms with Crippen LogP contribution in [0.5, 0.6) is 0 Å². The minimum absolute atomic E-state index is 0.130. The van der Waals surface area contributed by atoms with Gasteiger partial charge in [0, 0.05) is 0 Å². The fraction of sp³-hybridized carbons (Fsp3) is 0.444. The standard InChI is InChI=1S/C9H12N2O3/c1-6-2-3-13-8(6)4-10-7-5-14-11-9(7)12/h2-3,7,10H,4-5H2,1H3,(H,11,12).